The Labute approximate surface area is 320 Å². The zero-order chi connectivity index (χ0) is 38.8. The number of aromatic nitrogens is 6. The fraction of sp³-hybridized carbons (Fsp3) is 0.463. The topological polar surface area (TPSA) is 189 Å². The number of rotatable bonds is 14. The molecule has 0 aliphatic carbocycles. The summed E-state index contributed by atoms with van der Waals surface area (Å²) in [5.41, 5.74) is 14.2. The first-order valence-corrected chi connectivity index (χ1v) is 19.3. The van der Waals surface area contributed by atoms with E-state index in [4.69, 9.17) is 35.2 Å². The number of alkyl carbamates (subject to hydrolysis) is 1. The molecule has 5 heterocycles. The highest BCUT2D eigenvalue weighted by molar-refractivity contribution is 6.06. The predicted molar refractivity (Wildman–Crippen MR) is 214 cm³/mol. The molecule has 4 atom stereocenters. The molecule has 0 bridgehead atoms. The largest absolute Gasteiger partial charge is 0.453 e. The number of likely N-dealkylation sites (tertiary alicyclic amines) is 1. The minimum atomic E-state index is -0.689. The molecule has 2 aromatic carbocycles. The number of carbonyl (C=O) groups excluding carboxylic acids is 2. The van der Waals surface area contributed by atoms with E-state index in [0.717, 1.165) is 93.1 Å². The average Bonchev–Trinajstić information content (AvgIpc) is 3.96. The second-order valence-corrected chi connectivity index (χ2v) is 15.3. The molecular weight excluding hydrogens is 697 g/mol. The fourth-order valence-corrected chi connectivity index (χ4v) is 7.89. The third-order valence-electron chi connectivity index (χ3n) is 11.0. The smallest absolute Gasteiger partial charge is 0.407 e. The van der Waals surface area contributed by atoms with Gasteiger partial charge in [0.2, 0.25) is 5.91 Å². The number of ether oxygens (including phenoxy) is 1. The van der Waals surface area contributed by atoms with E-state index in [1.807, 2.05) is 37.2 Å². The van der Waals surface area contributed by atoms with Crippen LogP contribution in [-0.2, 0) is 14.4 Å². The number of amides is 2. The highest BCUT2D eigenvalue weighted by atomic mass is 16.6. The van der Waals surface area contributed by atoms with Crippen molar-refractivity contribution in [3.05, 3.63) is 60.4 Å². The number of hydroxylamine groups is 1. The molecule has 14 heteroatoms. The summed E-state index contributed by atoms with van der Waals surface area (Å²) >= 11 is 0. The number of aromatic amines is 2. The SMILES string of the molecule is CON[C@H](CC(CCCN)c1nc2ncc3cc(-c4ccc5c(ccc6[nH]c([C@@H]7CCCN7C(=O)[C@@H](NC(=O)OC)C(C)C)nc65)c4)[nH]cc3c2n1)C(C)C. The minimum absolute atomic E-state index is 0.105. The Morgan fingerprint density at radius 2 is 1.84 bits per heavy atom. The summed E-state index contributed by atoms with van der Waals surface area (Å²) in [6.07, 6.45) is 7.48. The van der Waals surface area contributed by atoms with Crippen molar-refractivity contribution in [2.24, 2.45) is 17.6 Å². The molecule has 6 aromatic rings. The summed E-state index contributed by atoms with van der Waals surface area (Å²) in [6.45, 7) is 9.39. The summed E-state index contributed by atoms with van der Waals surface area (Å²) in [5, 5.41) is 6.72. The normalized spacial score (nSPS) is 16.5. The van der Waals surface area contributed by atoms with Crippen molar-refractivity contribution >= 4 is 55.7 Å². The molecule has 7 rings (SSSR count). The third-order valence-corrected chi connectivity index (χ3v) is 11.0. The molecule has 6 N–H and O–H groups in total. The van der Waals surface area contributed by atoms with Crippen molar-refractivity contribution in [3.8, 4) is 11.3 Å². The molecule has 1 unspecified atom stereocenters. The van der Waals surface area contributed by atoms with E-state index < -0.39 is 12.1 Å². The number of nitrogens with zero attached hydrogens (tertiary/aromatic N) is 5. The van der Waals surface area contributed by atoms with Gasteiger partial charge in [-0.3, -0.25) is 4.79 Å². The summed E-state index contributed by atoms with van der Waals surface area (Å²) in [6, 6.07) is 11.8. The number of nitrogens with one attached hydrogen (secondary N) is 4. The lowest BCUT2D eigenvalue weighted by Crippen LogP contribution is -2.51. The minimum Gasteiger partial charge on any atom is -0.453 e. The van der Waals surface area contributed by atoms with Crippen molar-refractivity contribution in [2.45, 2.75) is 83.8 Å². The van der Waals surface area contributed by atoms with Gasteiger partial charge in [-0.2, -0.15) is 5.48 Å². The van der Waals surface area contributed by atoms with Gasteiger partial charge in [0.05, 0.1) is 31.3 Å². The van der Waals surface area contributed by atoms with E-state index >= 15 is 0 Å². The van der Waals surface area contributed by atoms with Gasteiger partial charge in [0.15, 0.2) is 5.65 Å². The number of hydrogen-bond acceptors (Lipinski definition) is 10. The predicted octanol–water partition coefficient (Wildman–Crippen LogP) is 6.63. The van der Waals surface area contributed by atoms with Crippen molar-refractivity contribution in [3.63, 3.8) is 0 Å². The van der Waals surface area contributed by atoms with Crippen molar-refractivity contribution in [1.82, 2.24) is 45.6 Å². The molecule has 55 heavy (non-hydrogen) atoms. The zero-order valence-electron chi connectivity index (χ0n) is 32.5. The molecule has 0 saturated carbocycles. The lowest BCUT2D eigenvalue weighted by atomic mass is 9.89. The number of hydrogen-bond donors (Lipinski definition) is 5. The van der Waals surface area contributed by atoms with Gasteiger partial charge in [0.25, 0.3) is 0 Å². The van der Waals surface area contributed by atoms with Crippen LogP contribution in [0.1, 0.15) is 83.4 Å². The van der Waals surface area contributed by atoms with Crippen LogP contribution in [0.15, 0.2) is 48.8 Å². The van der Waals surface area contributed by atoms with E-state index in [1.54, 1.807) is 7.11 Å². The van der Waals surface area contributed by atoms with Crippen molar-refractivity contribution in [1.29, 1.82) is 0 Å². The molecule has 4 aromatic heterocycles. The lowest BCUT2D eigenvalue weighted by Gasteiger charge is -2.29. The van der Waals surface area contributed by atoms with E-state index in [-0.39, 0.29) is 29.8 Å². The number of pyridine rings is 2. The quantitative estimate of drug-likeness (QED) is 0.0756. The van der Waals surface area contributed by atoms with Crippen LogP contribution in [0.25, 0.3) is 55.0 Å². The summed E-state index contributed by atoms with van der Waals surface area (Å²) < 4.78 is 4.79. The van der Waals surface area contributed by atoms with Crippen LogP contribution in [0.2, 0.25) is 0 Å². The number of methoxy groups -OCH3 is 1. The first kappa shape index (κ1) is 38.1. The van der Waals surface area contributed by atoms with E-state index in [1.165, 1.54) is 7.11 Å². The van der Waals surface area contributed by atoms with Crippen LogP contribution < -0.4 is 16.5 Å². The van der Waals surface area contributed by atoms with Crippen LogP contribution >= 0.6 is 0 Å². The Hall–Kier alpha value is -5.18. The Kier molecular flexibility index (Phi) is 11.3. The second kappa shape index (κ2) is 16.3. The first-order chi connectivity index (χ1) is 26.6. The Morgan fingerprint density at radius 1 is 1.00 bits per heavy atom. The van der Waals surface area contributed by atoms with E-state index in [0.29, 0.717) is 24.7 Å². The third kappa shape index (κ3) is 7.71. The molecule has 0 radical (unpaired) electrons. The highest BCUT2D eigenvalue weighted by Gasteiger charge is 2.37. The van der Waals surface area contributed by atoms with Gasteiger partial charge in [-0.15, -0.1) is 0 Å². The number of H-pyrrole nitrogens is 2. The molecule has 14 nitrogen and oxygen atoms in total. The molecular formula is C41H52N10O4. The fourth-order valence-electron chi connectivity index (χ4n) is 7.89. The monoisotopic (exact) mass is 748 g/mol. The average molecular weight is 749 g/mol. The van der Waals surface area contributed by atoms with Crippen LogP contribution in [0.3, 0.4) is 0 Å². The summed E-state index contributed by atoms with van der Waals surface area (Å²) in [4.78, 5) is 59.6. The maximum absolute atomic E-state index is 13.7. The standard InChI is InChI=1S/C41H52N10O4/c1-22(2)31(50-55-6)18-26(9-7-15-42)37-47-36-29-21-43-32(19-27(29)20-44-39(36)49-37)25-11-13-28-24(17-25)12-14-30-35(28)46-38(45-30)33-10-8-16-51(33)40(52)34(23(3)4)48-41(53)54-5/h11-14,17,19-23,26,31,33-34,43,50H,7-10,15-16,18,42H2,1-6H3,(H,45,46)(H,48,53)/t26?,31-,33+,34+/m1/s1. The summed E-state index contributed by atoms with van der Waals surface area (Å²) in [7, 11) is 2.95. The summed E-state index contributed by atoms with van der Waals surface area (Å²) in [5.74, 6) is 1.79. The molecule has 1 fully saturated rings. The van der Waals surface area contributed by atoms with Gasteiger partial charge < -0.3 is 35.5 Å². The van der Waals surface area contributed by atoms with E-state index in [9.17, 15) is 9.59 Å². The number of imidazole rings is 2. The lowest BCUT2D eigenvalue weighted by molar-refractivity contribution is -0.135. The van der Waals surface area contributed by atoms with Gasteiger partial charge in [0.1, 0.15) is 23.2 Å². The van der Waals surface area contributed by atoms with Crippen LogP contribution in [0.5, 0.6) is 0 Å². The molecule has 1 aliphatic heterocycles. The molecule has 0 spiro atoms. The highest BCUT2D eigenvalue weighted by Crippen LogP contribution is 2.36. The van der Waals surface area contributed by atoms with Crippen LogP contribution in [-0.4, -0.2) is 86.2 Å². The second-order valence-electron chi connectivity index (χ2n) is 15.3. The first-order valence-electron chi connectivity index (χ1n) is 19.3. The molecule has 1 saturated heterocycles. The number of benzene rings is 2. The Balaban J connectivity index is 1.16. The molecule has 2 amide bonds. The Bertz CT molecular complexity index is 2320. The van der Waals surface area contributed by atoms with Crippen LogP contribution in [0.4, 0.5) is 4.79 Å². The Morgan fingerprint density at radius 3 is 2.58 bits per heavy atom. The van der Waals surface area contributed by atoms with Gasteiger partial charge in [-0.05, 0) is 79.6 Å². The maximum Gasteiger partial charge on any atom is 0.407 e. The van der Waals surface area contributed by atoms with Crippen molar-refractivity contribution < 1.29 is 19.2 Å². The van der Waals surface area contributed by atoms with Gasteiger partial charge >= 0.3 is 6.09 Å². The van der Waals surface area contributed by atoms with Gasteiger partial charge in [-0.1, -0.05) is 45.9 Å². The van der Waals surface area contributed by atoms with E-state index in [2.05, 4.69) is 64.9 Å². The number of nitrogens with two attached hydrogens (primary N) is 1. The maximum atomic E-state index is 13.7. The zero-order valence-corrected chi connectivity index (χ0v) is 32.5. The van der Waals surface area contributed by atoms with Crippen molar-refractivity contribution in [2.75, 3.05) is 27.3 Å². The van der Waals surface area contributed by atoms with Gasteiger partial charge in [0, 0.05) is 52.8 Å². The van der Waals surface area contributed by atoms with Gasteiger partial charge in [-0.25, -0.2) is 24.7 Å². The molecule has 1 aliphatic rings. The number of carbonyl (C=O) groups is 2. The van der Waals surface area contributed by atoms with Crippen LogP contribution in [0, 0.1) is 11.8 Å². The molecule has 290 valence electrons. The number of fused-ring (bicyclic) bond motifs is 6.